The van der Waals surface area contributed by atoms with Gasteiger partial charge in [-0.25, -0.2) is 12.5 Å². The highest BCUT2D eigenvalue weighted by Crippen LogP contribution is 2.28. The van der Waals surface area contributed by atoms with Crippen molar-refractivity contribution in [3.8, 4) is 0 Å². The average molecular weight is 584 g/mol. The van der Waals surface area contributed by atoms with Gasteiger partial charge >= 0.3 is 31.2 Å². The number of aliphatic hydroxyl groups is 1. The SMILES string of the molecule is O=S(=O)(O)OC1CC(OS(=O)(=O)O)CC(OS(=O)(=O)O)C1.O=[N+]([O-])c1ccc(CCOCCO)cc1. The fourth-order valence-corrected chi connectivity index (χ4v) is 4.56. The minimum atomic E-state index is -4.89. The predicted octanol–water partition coefficient (Wildman–Crippen LogP) is -0.119. The molecule has 0 saturated heterocycles. The van der Waals surface area contributed by atoms with Gasteiger partial charge in [0.2, 0.25) is 0 Å². The number of ether oxygens (including phenoxy) is 1. The number of aliphatic hydroxyl groups excluding tert-OH is 1. The van der Waals surface area contributed by atoms with E-state index in [0.29, 0.717) is 19.6 Å². The largest absolute Gasteiger partial charge is 0.397 e. The number of hydrogen-bond acceptors (Lipinski definition) is 13. The number of benzene rings is 1. The molecule has 0 spiro atoms. The molecule has 36 heavy (non-hydrogen) atoms. The zero-order chi connectivity index (χ0) is 27.6. The van der Waals surface area contributed by atoms with E-state index in [1.807, 2.05) is 0 Å². The molecule has 1 aliphatic rings. The second kappa shape index (κ2) is 14.2. The monoisotopic (exact) mass is 583 g/mol. The van der Waals surface area contributed by atoms with Gasteiger partial charge in [-0.3, -0.25) is 23.8 Å². The maximum absolute atomic E-state index is 10.6. The van der Waals surface area contributed by atoms with Crippen molar-refractivity contribution in [2.24, 2.45) is 0 Å². The Hall–Kier alpha value is -1.85. The molecule has 1 aliphatic carbocycles. The van der Waals surface area contributed by atoms with Crippen molar-refractivity contribution in [1.82, 2.24) is 0 Å². The summed E-state index contributed by atoms with van der Waals surface area (Å²) in [5, 5.41) is 18.8. The number of rotatable bonds is 12. The summed E-state index contributed by atoms with van der Waals surface area (Å²) in [5.74, 6) is 0. The Morgan fingerprint density at radius 1 is 0.778 bits per heavy atom. The van der Waals surface area contributed by atoms with Gasteiger partial charge in [-0.15, -0.1) is 0 Å². The molecular formula is C16H25NO16S3. The summed E-state index contributed by atoms with van der Waals surface area (Å²) in [6.07, 6.45) is -4.65. The van der Waals surface area contributed by atoms with Crippen LogP contribution in [0.1, 0.15) is 24.8 Å². The molecule has 0 radical (unpaired) electrons. The van der Waals surface area contributed by atoms with Gasteiger partial charge < -0.3 is 9.84 Å². The van der Waals surface area contributed by atoms with Crippen molar-refractivity contribution < 1.29 is 66.2 Å². The molecule has 4 N–H and O–H groups in total. The fourth-order valence-electron chi connectivity index (χ4n) is 3.06. The Morgan fingerprint density at radius 2 is 1.17 bits per heavy atom. The van der Waals surface area contributed by atoms with Gasteiger partial charge in [0.25, 0.3) is 5.69 Å². The molecule has 0 heterocycles. The van der Waals surface area contributed by atoms with Crippen molar-refractivity contribution in [3.05, 3.63) is 39.9 Å². The third kappa shape index (κ3) is 15.3. The Kier molecular flexibility index (Phi) is 12.7. The van der Waals surface area contributed by atoms with Crippen LogP contribution in [0.2, 0.25) is 0 Å². The highest BCUT2D eigenvalue weighted by molar-refractivity contribution is 7.81. The molecule has 1 saturated carbocycles. The first-order valence-corrected chi connectivity index (χ1v) is 14.0. The van der Waals surface area contributed by atoms with Gasteiger partial charge in [0.15, 0.2) is 0 Å². The summed E-state index contributed by atoms with van der Waals surface area (Å²) in [7, 11) is -14.7. The third-order valence-electron chi connectivity index (χ3n) is 4.27. The van der Waals surface area contributed by atoms with Crippen LogP contribution in [0, 0.1) is 10.1 Å². The molecule has 0 bridgehead atoms. The Morgan fingerprint density at radius 3 is 1.47 bits per heavy atom. The fraction of sp³-hybridized carbons (Fsp3) is 0.625. The Bertz CT molecular complexity index is 1050. The minimum Gasteiger partial charge on any atom is -0.394 e. The second-order valence-corrected chi connectivity index (χ2v) is 10.3. The van der Waals surface area contributed by atoms with Crippen LogP contribution in [0.3, 0.4) is 0 Å². The summed E-state index contributed by atoms with van der Waals surface area (Å²) in [5.41, 5.74) is 1.08. The first-order valence-electron chi connectivity index (χ1n) is 9.86. The van der Waals surface area contributed by atoms with E-state index >= 15 is 0 Å². The second-order valence-electron chi connectivity index (χ2n) is 7.15. The molecule has 2 rings (SSSR count). The maximum atomic E-state index is 10.6. The third-order valence-corrected chi connectivity index (χ3v) is 5.81. The molecule has 20 heteroatoms. The molecule has 0 unspecified atom stereocenters. The first kappa shape index (κ1) is 32.2. The lowest BCUT2D eigenvalue weighted by molar-refractivity contribution is -0.384. The van der Waals surface area contributed by atoms with Crippen molar-refractivity contribution >= 4 is 36.9 Å². The smallest absolute Gasteiger partial charge is 0.394 e. The standard InChI is InChI=1S/C10H13NO4.C6H12O12S3/c12-6-8-15-7-5-9-1-3-10(4-2-9)11(13)14;7-19(8,9)16-4-1-5(17-20(10,11)12)3-6(2-4)18-21(13,14)15/h1-4,12H,5-8H2;4-6H,1-3H2,(H,7,8,9)(H,10,11,12)(H,13,14,15). The van der Waals surface area contributed by atoms with E-state index in [4.69, 9.17) is 23.5 Å². The van der Waals surface area contributed by atoms with Crippen molar-refractivity contribution in [2.75, 3.05) is 19.8 Å². The average Bonchev–Trinajstić information content (AvgIpc) is 2.68. The zero-order valence-electron chi connectivity index (χ0n) is 18.4. The lowest BCUT2D eigenvalue weighted by atomic mass is 9.93. The van der Waals surface area contributed by atoms with Gasteiger partial charge in [0.05, 0.1) is 43.1 Å². The molecule has 208 valence electrons. The molecule has 0 atom stereocenters. The van der Waals surface area contributed by atoms with Crippen LogP contribution in [0.4, 0.5) is 5.69 Å². The molecule has 1 fully saturated rings. The van der Waals surface area contributed by atoms with Gasteiger partial charge in [-0.05, 0) is 12.0 Å². The van der Waals surface area contributed by atoms with Crippen LogP contribution >= 0.6 is 0 Å². The van der Waals surface area contributed by atoms with Crippen LogP contribution in [-0.4, -0.2) is 87.1 Å². The van der Waals surface area contributed by atoms with E-state index in [2.05, 4.69) is 12.5 Å². The topological polar surface area (TPSA) is 263 Å². The van der Waals surface area contributed by atoms with Crippen LogP contribution in [-0.2, 0) is 54.9 Å². The van der Waals surface area contributed by atoms with E-state index < -0.39 is 73.7 Å². The number of nitrogens with zero attached hydrogens (tertiary/aromatic N) is 1. The van der Waals surface area contributed by atoms with E-state index in [0.717, 1.165) is 5.56 Å². The highest BCUT2D eigenvalue weighted by Gasteiger charge is 2.37. The molecule has 17 nitrogen and oxygen atoms in total. The van der Waals surface area contributed by atoms with Crippen LogP contribution < -0.4 is 0 Å². The first-order chi connectivity index (χ1) is 16.5. The Labute approximate surface area is 206 Å². The molecule has 1 aromatic carbocycles. The molecule has 1 aromatic rings. The molecule has 0 amide bonds. The maximum Gasteiger partial charge on any atom is 0.397 e. The van der Waals surface area contributed by atoms with Crippen molar-refractivity contribution in [3.63, 3.8) is 0 Å². The van der Waals surface area contributed by atoms with Crippen molar-refractivity contribution in [1.29, 1.82) is 0 Å². The van der Waals surface area contributed by atoms with Gasteiger partial charge in [-0.2, -0.15) is 25.3 Å². The summed E-state index contributed by atoms with van der Waals surface area (Å²) in [4.78, 5) is 9.94. The van der Waals surface area contributed by atoms with E-state index in [9.17, 15) is 35.4 Å². The number of nitro benzene ring substituents is 1. The summed E-state index contributed by atoms with van der Waals surface area (Å²) in [6, 6.07) is 6.36. The Balaban J connectivity index is 0.000000381. The lowest BCUT2D eigenvalue weighted by Crippen LogP contribution is -2.39. The highest BCUT2D eigenvalue weighted by atomic mass is 32.3. The number of nitro groups is 1. The molecule has 0 aromatic heterocycles. The normalized spacial score (nSPS) is 20.8. The molecule has 0 aliphatic heterocycles. The number of hydrogen-bond donors (Lipinski definition) is 4. The quantitative estimate of drug-likeness (QED) is 0.108. The predicted molar refractivity (Wildman–Crippen MR) is 118 cm³/mol. The van der Waals surface area contributed by atoms with Crippen molar-refractivity contribution in [2.45, 2.75) is 44.0 Å². The van der Waals surface area contributed by atoms with Gasteiger partial charge in [-0.1, -0.05) is 12.1 Å². The minimum absolute atomic E-state index is 0.0141. The van der Waals surface area contributed by atoms with Crippen LogP contribution in [0.5, 0.6) is 0 Å². The number of non-ortho nitro benzene ring substituents is 1. The lowest BCUT2D eigenvalue weighted by Gasteiger charge is -2.31. The van der Waals surface area contributed by atoms with E-state index in [1.54, 1.807) is 12.1 Å². The summed E-state index contributed by atoms with van der Waals surface area (Å²) in [6.45, 7) is 0.853. The van der Waals surface area contributed by atoms with Gasteiger partial charge in [0.1, 0.15) is 0 Å². The van der Waals surface area contributed by atoms with E-state index in [1.165, 1.54) is 12.1 Å². The van der Waals surface area contributed by atoms with E-state index in [-0.39, 0.29) is 12.3 Å². The van der Waals surface area contributed by atoms with Crippen LogP contribution in [0.15, 0.2) is 24.3 Å². The van der Waals surface area contributed by atoms with Gasteiger partial charge in [0, 0.05) is 31.4 Å². The van der Waals surface area contributed by atoms with Crippen LogP contribution in [0.25, 0.3) is 0 Å². The summed E-state index contributed by atoms with van der Waals surface area (Å²) >= 11 is 0. The molecular weight excluding hydrogens is 558 g/mol. The zero-order valence-corrected chi connectivity index (χ0v) is 20.8. The summed E-state index contributed by atoms with van der Waals surface area (Å²) < 4.78 is 107.